The molecule has 7 rings (SSSR count). The minimum atomic E-state index is -0.575. The number of anilines is 1. The van der Waals surface area contributed by atoms with Crippen molar-refractivity contribution >= 4 is 45.9 Å². The lowest BCUT2D eigenvalue weighted by Crippen LogP contribution is -2.52. The zero-order valence-corrected chi connectivity index (χ0v) is 22.9. The number of hydrogen-bond acceptors (Lipinski definition) is 9. The van der Waals surface area contributed by atoms with Crippen LogP contribution < -0.4 is 5.32 Å². The van der Waals surface area contributed by atoms with Crippen molar-refractivity contribution in [1.29, 1.82) is 0 Å². The zero-order chi connectivity index (χ0) is 27.1. The summed E-state index contributed by atoms with van der Waals surface area (Å²) in [5, 5.41) is 15.0. The Morgan fingerprint density at radius 1 is 1.26 bits per heavy atom. The summed E-state index contributed by atoms with van der Waals surface area (Å²) in [6, 6.07) is 3.35. The van der Waals surface area contributed by atoms with Crippen LogP contribution in [0.4, 0.5) is 10.2 Å². The van der Waals surface area contributed by atoms with Crippen LogP contribution in [0.5, 0.6) is 0 Å². The molecule has 0 aliphatic heterocycles. The van der Waals surface area contributed by atoms with E-state index in [0.717, 1.165) is 25.7 Å². The number of rotatable bonds is 8. The molecule has 0 saturated heterocycles. The van der Waals surface area contributed by atoms with E-state index in [1.165, 1.54) is 17.5 Å². The van der Waals surface area contributed by atoms with Gasteiger partial charge >= 0.3 is 5.97 Å². The van der Waals surface area contributed by atoms with E-state index in [4.69, 9.17) is 16.3 Å². The van der Waals surface area contributed by atoms with Crippen LogP contribution in [-0.2, 0) is 16.1 Å². The van der Waals surface area contributed by atoms with E-state index < -0.39 is 5.82 Å². The third kappa shape index (κ3) is 4.76. The molecule has 0 spiro atoms. The maximum absolute atomic E-state index is 16.1. The molecule has 0 amide bonds. The molecule has 2 N–H and O–H groups in total. The first-order valence-electron chi connectivity index (χ1n) is 13.2. The van der Waals surface area contributed by atoms with Crippen molar-refractivity contribution in [2.75, 3.05) is 18.5 Å². The van der Waals surface area contributed by atoms with Crippen LogP contribution in [0.25, 0.3) is 33.1 Å². The fourth-order valence-electron chi connectivity index (χ4n) is 6.10. The molecule has 4 aromatic heterocycles. The molecule has 0 unspecified atom stereocenters. The molecule has 4 aromatic rings. The zero-order valence-electron chi connectivity index (χ0n) is 21.3. The van der Waals surface area contributed by atoms with E-state index in [-0.39, 0.29) is 65.4 Å². The van der Waals surface area contributed by atoms with E-state index in [9.17, 15) is 9.90 Å². The largest absolute Gasteiger partial charge is 0.466 e. The highest BCUT2D eigenvalue weighted by Crippen LogP contribution is 2.47. The topological polar surface area (TPSA) is 115 Å². The lowest BCUT2D eigenvalue weighted by atomic mass is 9.61. The van der Waals surface area contributed by atoms with E-state index in [1.807, 2.05) is 11.4 Å². The molecule has 3 saturated carbocycles. The van der Waals surface area contributed by atoms with Crippen molar-refractivity contribution in [3.8, 4) is 22.0 Å². The number of nitrogens with zero attached hydrogens (tertiary/aromatic N) is 5. The average molecular weight is 571 g/mol. The summed E-state index contributed by atoms with van der Waals surface area (Å²) < 4.78 is 23.3. The summed E-state index contributed by atoms with van der Waals surface area (Å²) in [4.78, 5) is 31.8. The van der Waals surface area contributed by atoms with Crippen LogP contribution >= 0.6 is 22.9 Å². The number of carbonyl (C=O) groups is 1. The first kappa shape index (κ1) is 26.1. The number of nitrogens with one attached hydrogen (secondary N) is 1. The second kappa shape index (κ2) is 10.8. The third-order valence-corrected chi connectivity index (χ3v) is 8.86. The number of hydrogen-bond donors (Lipinski definition) is 2. The van der Waals surface area contributed by atoms with Crippen molar-refractivity contribution in [2.45, 2.75) is 45.2 Å². The van der Waals surface area contributed by atoms with Gasteiger partial charge in [-0.2, -0.15) is 0 Å². The van der Waals surface area contributed by atoms with Crippen molar-refractivity contribution in [3.63, 3.8) is 0 Å². The fourth-order valence-corrected chi connectivity index (χ4v) is 6.95. The van der Waals surface area contributed by atoms with Crippen molar-refractivity contribution in [3.05, 3.63) is 40.9 Å². The number of fused-ring (bicyclic) bond motifs is 4. The lowest BCUT2D eigenvalue weighted by Gasteiger charge is -2.47. The Kier molecular flexibility index (Phi) is 7.22. The molecule has 3 fully saturated rings. The van der Waals surface area contributed by atoms with Crippen LogP contribution in [0.15, 0.2) is 29.9 Å². The third-order valence-electron chi connectivity index (χ3n) is 7.80. The molecule has 2 atom stereocenters. The van der Waals surface area contributed by atoms with E-state index in [1.54, 1.807) is 23.8 Å². The number of ether oxygens (including phenoxy) is 1. The van der Waals surface area contributed by atoms with Crippen LogP contribution in [0.3, 0.4) is 0 Å². The fraction of sp³-hybridized carbons (Fsp3) is 0.444. The quantitative estimate of drug-likeness (QED) is 0.278. The van der Waals surface area contributed by atoms with Crippen molar-refractivity contribution in [1.82, 2.24) is 24.5 Å². The van der Waals surface area contributed by atoms with Gasteiger partial charge in [-0.05, 0) is 55.9 Å². The van der Waals surface area contributed by atoms with Crippen LogP contribution in [0.1, 0.15) is 32.6 Å². The Morgan fingerprint density at radius 3 is 2.77 bits per heavy atom. The molecule has 4 heterocycles. The number of carbonyl (C=O) groups excluding carboxylic acids is 1. The first-order chi connectivity index (χ1) is 19.0. The molecule has 3 aliphatic rings. The molecule has 2 bridgehead atoms. The number of aromatic nitrogens is 5. The Bertz CT molecular complexity index is 1510. The van der Waals surface area contributed by atoms with Gasteiger partial charge in [-0.25, -0.2) is 24.3 Å². The SMILES string of the molecule is CCOC(=O)[C@H]1C2CCC(CC2)[C@@H]1Nc1nc(-c2cn(CCO)c3ncc(Cl)nc23)nc(-c2cccs2)c1F. The Balaban J connectivity index is 1.49. The highest BCUT2D eigenvalue weighted by atomic mass is 35.5. The molecule has 9 nitrogen and oxygen atoms in total. The highest BCUT2D eigenvalue weighted by molar-refractivity contribution is 7.13. The number of halogens is 2. The predicted molar refractivity (Wildman–Crippen MR) is 147 cm³/mol. The molecule has 3 aliphatic carbocycles. The number of aliphatic hydroxyl groups excluding tert-OH is 1. The summed E-state index contributed by atoms with van der Waals surface area (Å²) in [5.74, 6) is -0.493. The lowest BCUT2D eigenvalue weighted by molar-refractivity contribution is -0.154. The second-order valence-corrected chi connectivity index (χ2v) is 11.3. The van der Waals surface area contributed by atoms with Gasteiger partial charge in [0.1, 0.15) is 16.4 Å². The van der Waals surface area contributed by atoms with Gasteiger partial charge in [0.2, 0.25) is 0 Å². The Labute approximate surface area is 233 Å². The van der Waals surface area contributed by atoms with E-state index in [0.29, 0.717) is 28.2 Å². The van der Waals surface area contributed by atoms with Gasteiger partial charge in [0.05, 0.1) is 35.8 Å². The van der Waals surface area contributed by atoms with E-state index in [2.05, 4.69) is 25.3 Å². The molecule has 204 valence electrons. The molecule has 12 heteroatoms. The van der Waals surface area contributed by atoms with Gasteiger partial charge in [-0.3, -0.25) is 4.79 Å². The minimum absolute atomic E-state index is 0.0355. The maximum Gasteiger partial charge on any atom is 0.311 e. The van der Waals surface area contributed by atoms with Gasteiger partial charge in [-0.15, -0.1) is 11.3 Å². The molecule has 39 heavy (non-hydrogen) atoms. The normalized spacial score (nSPS) is 22.4. The van der Waals surface area contributed by atoms with Gasteiger partial charge in [0.15, 0.2) is 23.1 Å². The molecule has 0 aromatic carbocycles. The summed E-state index contributed by atoms with van der Waals surface area (Å²) >= 11 is 7.56. The van der Waals surface area contributed by atoms with Crippen LogP contribution in [0.2, 0.25) is 5.15 Å². The number of aliphatic hydroxyl groups is 1. The Hall–Kier alpha value is -3.15. The summed E-state index contributed by atoms with van der Waals surface area (Å²) in [5.41, 5.74) is 1.63. The maximum atomic E-state index is 16.1. The smallest absolute Gasteiger partial charge is 0.311 e. The van der Waals surface area contributed by atoms with Crippen molar-refractivity contribution < 1.29 is 19.0 Å². The predicted octanol–water partition coefficient (Wildman–Crippen LogP) is 5.18. The summed E-state index contributed by atoms with van der Waals surface area (Å²) in [7, 11) is 0. The summed E-state index contributed by atoms with van der Waals surface area (Å²) in [6.07, 6.45) is 7.06. The van der Waals surface area contributed by atoms with Gasteiger partial charge < -0.3 is 19.7 Å². The molecular formula is C27H28ClFN6O3S. The molecule has 0 radical (unpaired) electrons. The monoisotopic (exact) mass is 570 g/mol. The Morgan fingerprint density at radius 2 is 2.05 bits per heavy atom. The van der Waals surface area contributed by atoms with Gasteiger partial charge in [-0.1, -0.05) is 17.7 Å². The van der Waals surface area contributed by atoms with Gasteiger partial charge in [0, 0.05) is 18.8 Å². The van der Waals surface area contributed by atoms with E-state index >= 15 is 4.39 Å². The standard InChI is InChI=1S/C27H28ClFN6O3S/c1-2-38-27(37)19-14-5-7-15(8-6-14)21(19)32-25-20(29)23(17-4-3-11-39-17)33-24(34-25)16-13-35(9-10-36)26-22(16)31-18(28)12-30-26/h3-4,11-15,19,21,36H,2,5-10H2,1H3,(H,32,33,34)/t14?,15?,19-,21-/m0/s1. The number of esters is 1. The van der Waals surface area contributed by atoms with Crippen molar-refractivity contribution in [2.24, 2.45) is 17.8 Å². The average Bonchev–Trinajstić information content (AvgIpc) is 3.59. The first-order valence-corrected chi connectivity index (χ1v) is 14.4. The highest BCUT2D eigenvalue weighted by Gasteiger charge is 2.48. The minimum Gasteiger partial charge on any atom is -0.466 e. The summed E-state index contributed by atoms with van der Waals surface area (Å²) in [6.45, 7) is 2.27. The number of thiophene rings is 1. The van der Waals surface area contributed by atoms with Crippen LogP contribution in [0, 0.1) is 23.6 Å². The van der Waals surface area contributed by atoms with Gasteiger partial charge in [0.25, 0.3) is 0 Å². The second-order valence-electron chi connectivity index (χ2n) is 9.98. The van der Waals surface area contributed by atoms with Crippen LogP contribution in [-0.4, -0.2) is 54.8 Å². The molecular weight excluding hydrogens is 543 g/mol.